The number of nitrogens with zero attached hydrogens (tertiary/aromatic N) is 7. The normalized spacial score (nSPS) is 16.2. The van der Waals surface area contributed by atoms with Crippen LogP contribution in [-0.4, -0.2) is 69.3 Å². The molecule has 0 atom stereocenters. The number of fused-ring (bicyclic) bond motifs is 1. The molecule has 42 heavy (non-hydrogen) atoms. The molecule has 1 spiro atoms. The molecule has 3 aromatic heterocycles. The van der Waals surface area contributed by atoms with Crippen molar-refractivity contribution >= 4 is 39.3 Å². The highest BCUT2D eigenvalue weighted by Gasteiger charge is 2.50. The zero-order valence-electron chi connectivity index (χ0n) is 24.5. The predicted molar refractivity (Wildman–Crippen MR) is 162 cm³/mol. The lowest BCUT2D eigenvalue weighted by Crippen LogP contribution is -2.58. The number of benzene rings is 1. The van der Waals surface area contributed by atoms with Gasteiger partial charge in [-0.3, -0.25) is 4.79 Å². The van der Waals surface area contributed by atoms with E-state index in [2.05, 4.69) is 30.0 Å². The highest BCUT2D eigenvalue weighted by atomic mass is 32.1. The Bertz CT molecular complexity index is 1730. The Labute approximate surface area is 248 Å². The maximum absolute atomic E-state index is 13.5. The van der Waals surface area contributed by atoms with Gasteiger partial charge in [-0.15, -0.1) is 0 Å². The van der Waals surface area contributed by atoms with E-state index in [1.807, 2.05) is 23.4 Å². The van der Waals surface area contributed by atoms with Gasteiger partial charge < -0.3 is 19.8 Å². The molecule has 0 aliphatic carbocycles. The highest BCUT2D eigenvalue weighted by Crippen LogP contribution is 2.44. The van der Waals surface area contributed by atoms with Crippen molar-refractivity contribution in [2.24, 2.45) is 5.41 Å². The summed E-state index contributed by atoms with van der Waals surface area (Å²) in [5.74, 6) is -0.547. The summed E-state index contributed by atoms with van der Waals surface area (Å²) >= 11 is 1.30. The third kappa shape index (κ3) is 4.68. The Balaban J connectivity index is 1.31. The number of rotatable bonds is 6. The first-order chi connectivity index (χ1) is 19.9. The second-order valence-electron chi connectivity index (χ2n) is 12.0. The third-order valence-electron chi connectivity index (χ3n) is 8.40. The van der Waals surface area contributed by atoms with E-state index in [0.29, 0.717) is 34.4 Å². The van der Waals surface area contributed by atoms with Crippen molar-refractivity contribution < 1.29 is 14.3 Å². The van der Waals surface area contributed by atoms with E-state index in [1.54, 1.807) is 30.9 Å². The molecule has 2 aliphatic heterocycles. The largest absolute Gasteiger partial charge is 0.381 e. The molecule has 4 aromatic rings. The molecule has 9 nitrogen and oxygen atoms in total. The van der Waals surface area contributed by atoms with Gasteiger partial charge in [-0.1, -0.05) is 18.3 Å². The van der Waals surface area contributed by atoms with E-state index in [0.717, 1.165) is 54.2 Å². The Hall–Kier alpha value is -4.01. The second-order valence-corrected chi connectivity index (χ2v) is 13.0. The number of anilines is 3. The molecule has 6 rings (SSSR count). The molecule has 11 heteroatoms. The van der Waals surface area contributed by atoms with E-state index < -0.39 is 5.60 Å². The lowest BCUT2D eigenvalue weighted by Gasteiger charge is -2.49. The van der Waals surface area contributed by atoms with Crippen LogP contribution in [0.4, 0.5) is 20.9 Å². The van der Waals surface area contributed by atoms with Crippen molar-refractivity contribution in [2.75, 3.05) is 43.0 Å². The molecule has 2 fully saturated rings. The number of halogens is 1. The SMILES string of the molecule is CCc1nn2c(C)cc(N3CC4(CCN(C(=O)C(C)(C)O)C4)C3)cc2c1N(C)c1nc(-c2ccc(F)cc2)c(C#N)s1. The average molecular weight is 588 g/mol. The zero-order valence-corrected chi connectivity index (χ0v) is 25.3. The Morgan fingerprint density at radius 1 is 1.24 bits per heavy atom. The van der Waals surface area contributed by atoms with Crippen LogP contribution in [0, 0.1) is 29.5 Å². The molecule has 5 heterocycles. The van der Waals surface area contributed by atoms with Gasteiger partial charge in [0.15, 0.2) is 5.13 Å². The second kappa shape index (κ2) is 10.1. The van der Waals surface area contributed by atoms with Gasteiger partial charge in [0.05, 0.1) is 16.9 Å². The van der Waals surface area contributed by atoms with E-state index >= 15 is 0 Å². The number of carbonyl (C=O) groups is 1. The van der Waals surface area contributed by atoms with Crippen molar-refractivity contribution in [2.45, 2.75) is 46.1 Å². The van der Waals surface area contributed by atoms with E-state index in [-0.39, 0.29) is 17.1 Å². The maximum atomic E-state index is 13.5. The monoisotopic (exact) mass is 587 g/mol. The minimum Gasteiger partial charge on any atom is -0.381 e. The zero-order chi connectivity index (χ0) is 30.0. The van der Waals surface area contributed by atoms with Crippen LogP contribution in [0.5, 0.6) is 0 Å². The summed E-state index contributed by atoms with van der Waals surface area (Å²) in [6, 6.07) is 12.6. The van der Waals surface area contributed by atoms with Gasteiger partial charge in [-0.25, -0.2) is 13.9 Å². The smallest absolute Gasteiger partial charge is 0.253 e. The number of hydrogen-bond acceptors (Lipinski definition) is 8. The van der Waals surface area contributed by atoms with Gasteiger partial charge >= 0.3 is 0 Å². The van der Waals surface area contributed by atoms with E-state index in [9.17, 15) is 19.6 Å². The standard InChI is InChI=1S/C31H34FN7O2S/c1-6-23-27(36(5)29-34-26(25(15-33)42-29)20-7-9-21(32)10-8-20)24-14-22(13-19(2)39(24)35-23)38-17-31(18-38)11-12-37(16-31)28(40)30(3,4)41/h7-10,13-14,41H,6,11-12,16-18H2,1-5H3. The highest BCUT2D eigenvalue weighted by molar-refractivity contribution is 7.16. The van der Waals surface area contributed by atoms with Crippen LogP contribution in [0.3, 0.4) is 0 Å². The minimum absolute atomic E-state index is 0.0424. The molecular formula is C31H34FN7O2S. The van der Waals surface area contributed by atoms with Crippen LogP contribution in [0.2, 0.25) is 0 Å². The fourth-order valence-electron chi connectivity index (χ4n) is 6.24. The van der Waals surface area contributed by atoms with Gasteiger partial charge in [0, 0.05) is 55.6 Å². The van der Waals surface area contributed by atoms with Gasteiger partial charge in [0.1, 0.15) is 28.1 Å². The Kier molecular flexibility index (Phi) is 6.74. The lowest BCUT2D eigenvalue weighted by molar-refractivity contribution is -0.147. The predicted octanol–water partition coefficient (Wildman–Crippen LogP) is 4.92. The van der Waals surface area contributed by atoms with E-state index in [1.165, 1.54) is 23.5 Å². The van der Waals surface area contributed by atoms with Crippen molar-refractivity contribution in [3.05, 3.63) is 58.5 Å². The van der Waals surface area contributed by atoms with Crippen LogP contribution in [0.25, 0.3) is 16.8 Å². The molecule has 2 aliphatic rings. The van der Waals surface area contributed by atoms with E-state index in [4.69, 9.17) is 10.1 Å². The number of likely N-dealkylation sites (tertiary alicyclic amines) is 1. The molecule has 2 saturated heterocycles. The molecule has 0 saturated carbocycles. The molecule has 0 unspecified atom stereocenters. The molecule has 0 radical (unpaired) electrons. The quantitative estimate of drug-likeness (QED) is 0.342. The maximum Gasteiger partial charge on any atom is 0.253 e. The summed E-state index contributed by atoms with van der Waals surface area (Å²) in [6.07, 6.45) is 1.64. The first-order valence-corrected chi connectivity index (χ1v) is 14.9. The van der Waals surface area contributed by atoms with Crippen molar-refractivity contribution in [3.63, 3.8) is 0 Å². The van der Waals surface area contributed by atoms with Gasteiger partial charge in [0.2, 0.25) is 0 Å². The summed E-state index contributed by atoms with van der Waals surface area (Å²) in [4.78, 5) is 24.1. The number of nitriles is 1. The summed E-state index contributed by atoms with van der Waals surface area (Å²) in [5, 5.41) is 25.6. The van der Waals surface area contributed by atoms with Crippen LogP contribution in [0.1, 0.15) is 43.5 Å². The summed E-state index contributed by atoms with van der Waals surface area (Å²) in [5.41, 5.74) is 4.83. The van der Waals surface area contributed by atoms with Crippen LogP contribution in [0.15, 0.2) is 36.4 Å². The van der Waals surface area contributed by atoms with Crippen molar-refractivity contribution in [1.29, 1.82) is 5.26 Å². The number of thiazole rings is 1. The number of amides is 1. The Morgan fingerprint density at radius 2 is 1.95 bits per heavy atom. The molecule has 0 bridgehead atoms. The summed E-state index contributed by atoms with van der Waals surface area (Å²) < 4.78 is 15.5. The van der Waals surface area contributed by atoms with Crippen LogP contribution >= 0.6 is 11.3 Å². The first kappa shape index (κ1) is 28.1. The number of pyridine rings is 1. The number of hydrogen-bond donors (Lipinski definition) is 1. The number of aromatic nitrogens is 3. The fourth-order valence-corrected chi connectivity index (χ4v) is 7.09. The van der Waals surface area contributed by atoms with Gasteiger partial charge in [-0.05, 0) is 70.0 Å². The summed E-state index contributed by atoms with van der Waals surface area (Å²) in [6.45, 7) is 10.2. The van der Waals surface area contributed by atoms with Crippen molar-refractivity contribution in [3.8, 4) is 17.3 Å². The first-order valence-electron chi connectivity index (χ1n) is 14.1. The molecular weight excluding hydrogens is 553 g/mol. The molecule has 1 N–H and O–H groups in total. The van der Waals surface area contributed by atoms with Gasteiger partial charge in [-0.2, -0.15) is 10.4 Å². The summed E-state index contributed by atoms with van der Waals surface area (Å²) in [7, 11) is 1.94. The third-order valence-corrected chi connectivity index (χ3v) is 9.44. The number of aliphatic hydroxyl groups is 1. The Morgan fingerprint density at radius 3 is 2.60 bits per heavy atom. The minimum atomic E-state index is -1.36. The molecule has 1 amide bonds. The fraction of sp³-hybridized carbons (Fsp3) is 0.419. The average Bonchev–Trinajstić information content (AvgIpc) is 3.66. The van der Waals surface area contributed by atoms with Crippen molar-refractivity contribution in [1.82, 2.24) is 19.5 Å². The van der Waals surface area contributed by atoms with Crippen LogP contribution < -0.4 is 9.80 Å². The molecule has 1 aromatic carbocycles. The number of aryl methyl sites for hydroxylation is 2. The topological polar surface area (TPSA) is 101 Å². The lowest BCUT2D eigenvalue weighted by atomic mass is 9.78. The number of carbonyl (C=O) groups excluding carboxylic acids is 1. The van der Waals surface area contributed by atoms with Crippen LogP contribution in [-0.2, 0) is 11.2 Å². The van der Waals surface area contributed by atoms with Gasteiger partial charge in [0.25, 0.3) is 5.91 Å². The molecule has 218 valence electrons.